The SMILES string of the molecule is COc1ccc(N2C(=O)[C@@H]3[C@@H]4C=C[C@H](C4)[C@]3(C(F)(F)F)C2=O)cc1. The summed E-state index contributed by atoms with van der Waals surface area (Å²) in [5.41, 5.74) is -2.48. The molecule has 2 bridgehead atoms. The summed E-state index contributed by atoms with van der Waals surface area (Å²) < 4.78 is 46.8. The van der Waals surface area contributed by atoms with Crippen molar-refractivity contribution in [2.75, 3.05) is 12.0 Å². The van der Waals surface area contributed by atoms with E-state index in [2.05, 4.69) is 0 Å². The quantitative estimate of drug-likeness (QED) is 0.616. The van der Waals surface area contributed by atoms with E-state index in [1.54, 1.807) is 6.08 Å². The predicted molar refractivity (Wildman–Crippen MR) is 78.2 cm³/mol. The molecule has 24 heavy (non-hydrogen) atoms. The number of fused-ring (bicyclic) bond motifs is 5. The minimum atomic E-state index is -4.77. The molecule has 0 aromatic heterocycles. The molecular weight excluding hydrogens is 323 g/mol. The molecule has 4 nitrogen and oxygen atoms in total. The molecule has 0 N–H and O–H groups in total. The third-order valence-corrected chi connectivity index (χ3v) is 5.46. The van der Waals surface area contributed by atoms with Crippen LogP contribution in [0.5, 0.6) is 5.75 Å². The molecule has 1 aliphatic heterocycles. The van der Waals surface area contributed by atoms with Crippen molar-refractivity contribution < 1.29 is 27.5 Å². The Morgan fingerprint density at radius 1 is 1.17 bits per heavy atom. The molecule has 1 aromatic carbocycles. The topological polar surface area (TPSA) is 46.6 Å². The Balaban J connectivity index is 1.83. The Hall–Kier alpha value is -2.31. The van der Waals surface area contributed by atoms with E-state index in [9.17, 15) is 22.8 Å². The molecule has 4 rings (SSSR count). The molecule has 3 aliphatic rings. The second-order valence-corrected chi connectivity index (χ2v) is 6.41. The molecule has 0 unspecified atom stereocenters. The van der Waals surface area contributed by atoms with Gasteiger partial charge in [-0.3, -0.25) is 9.59 Å². The lowest BCUT2D eigenvalue weighted by Gasteiger charge is -2.34. The zero-order valence-corrected chi connectivity index (χ0v) is 12.7. The van der Waals surface area contributed by atoms with Gasteiger partial charge in [0, 0.05) is 5.92 Å². The number of hydrogen-bond donors (Lipinski definition) is 0. The van der Waals surface area contributed by atoms with Gasteiger partial charge in [0.25, 0.3) is 5.91 Å². The summed E-state index contributed by atoms with van der Waals surface area (Å²) >= 11 is 0. The van der Waals surface area contributed by atoms with Crippen LogP contribution in [0.25, 0.3) is 0 Å². The number of amides is 2. The maximum absolute atomic E-state index is 13.9. The van der Waals surface area contributed by atoms with E-state index in [1.807, 2.05) is 0 Å². The monoisotopic (exact) mass is 337 g/mol. The Kier molecular flexibility index (Phi) is 2.93. The van der Waals surface area contributed by atoms with Crippen molar-refractivity contribution in [3.05, 3.63) is 36.4 Å². The molecule has 126 valence electrons. The fourth-order valence-electron chi connectivity index (χ4n) is 4.46. The Morgan fingerprint density at radius 2 is 1.83 bits per heavy atom. The number of benzene rings is 1. The number of allylic oxidation sites excluding steroid dienone is 2. The van der Waals surface area contributed by atoms with Gasteiger partial charge in [0.05, 0.1) is 18.7 Å². The van der Waals surface area contributed by atoms with Crippen LogP contribution in [0.2, 0.25) is 0 Å². The molecule has 0 spiro atoms. The molecule has 0 radical (unpaired) electrons. The molecule has 1 saturated carbocycles. The van der Waals surface area contributed by atoms with Crippen molar-refractivity contribution in [2.45, 2.75) is 12.6 Å². The summed E-state index contributed by atoms with van der Waals surface area (Å²) in [5, 5.41) is 0. The van der Waals surface area contributed by atoms with Crippen molar-refractivity contribution in [2.24, 2.45) is 23.2 Å². The fourth-order valence-corrected chi connectivity index (χ4v) is 4.46. The van der Waals surface area contributed by atoms with Crippen LogP contribution in [0.1, 0.15) is 6.42 Å². The maximum Gasteiger partial charge on any atom is 0.404 e. The summed E-state index contributed by atoms with van der Waals surface area (Å²) in [6, 6.07) is 5.87. The number of imide groups is 1. The molecule has 2 amide bonds. The van der Waals surface area contributed by atoms with Gasteiger partial charge >= 0.3 is 6.18 Å². The van der Waals surface area contributed by atoms with Crippen LogP contribution < -0.4 is 9.64 Å². The Morgan fingerprint density at radius 3 is 2.38 bits per heavy atom. The summed E-state index contributed by atoms with van der Waals surface area (Å²) in [4.78, 5) is 26.3. The van der Waals surface area contributed by atoms with E-state index in [0.717, 1.165) is 0 Å². The average molecular weight is 337 g/mol. The number of halogens is 3. The third-order valence-electron chi connectivity index (χ3n) is 5.46. The van der Waals surface area contributed by atoms with E-state index < -0.39 is 41.2 Å². The van der Waals surface area contributed by atoms with Gasteiger partial charge in [-0.2, -0.15) is 13.2 Å². The normalized spacial score (nSPS) is 34.2. The molecule has 1 saturated heterocycles. The highest BCUT2D eigenvalue weighted by Gasteiger charge is 2.80. The molecule has 2 fully saturated rings. The summed E-state index contributed by atoms with van der Waals surface area (Å²) in [6.07, 6.45) is -1.48. The zero-order valence-electron chi connectivity index (χ0n) is 12.7. The molecular formula is C17H14F3NO3. The standard InChI is InChI=1S/C17H14F3NO3/c1-24-12-6-4-11(5-7-12)21-14(22)13-9-2-3-10(8-9)16(13,15(21)23)17(18,19)20/h2-7,9-10,13H,8H2,1H3/t9-,10-,13+,16-/m1/s1. The second kappa shape index (κ2) is 4.62. The van der Waals surface area contributed by atoms with Crippen molar-refractivity contribution in [3.63, 3.8) is 0 Å². The van der Waals surface area contributed by atoms with E-state index in [4.69, 9.17) is 4.74 Å². The average Bonchev–Trinajstić information content (AvgIpc) is 3.19. The number of anilines is 1. The van der Waals surface area contributed by atoms with Gasteiger partial charge in [0.2, 0.25) is 5.91 Å². The van der Waals surface area contributed by atoms with Crippen LogP contribution in [0.15, 0.2) is 36.4 Å². The summed E-state index contributed by atoms with van der Waals surface area (Å²) in [6.45, 7) is 0. The highest BCUT2D eigenvalue weighted by molar-refractivity contribution is 6.24. The van der Waals surface area contributed by atoms with E-state index in [1.165, 1.54) is 37.5 Å². The smallest absolute Gasteiger partial charge is 0.404 e. The number of rotatable bonds is 2. The van der Waals surface area contributed by atoms with E-state index >= 15 is 0 Å². The number of carbonyl (C=O) groups excluding carboxylic acids is 2. The van der Waals surface area contributed by atoms with Crippen LogP contribution in [0.4, 0.5) is 18.9 Å². The largest absolute Gasteiger partial charge is 0.497 e. The third kappa shape index (κ3) is 1.59. The van der Waals surface area contributed by atoms with Gasteiger partial charge in [-0.05, 0) is 36.6 Å². The lowest BCUT2D eigenvalue weighted by Crippen LogP contribution is -2.51. The van der Waals surface area contributed by atoms with E-state index in [0.29, 0.717) is 10.6 Å². The van der Waals surface area contributed by atoms with Crippen molar-refractivity contribution in [1.82, 2.24) is 0 Å². The zero-order chi connectivity index (χ0) is 17.3. The van der Waals surface area contributed by atoms with Gasteiger partial charge in [0.1, 0.15) is 5.75 Å². The molecule has 7 heteroatoms. The van der Waals surface area contributed by atoms with Gasteiger partial charge in [-0.15, -0.1) is 0 Å². The lowest BCUT2D eigenvalue weighted by atomic mass is 9.69. The van der Waals surface area contributed by atoms with Crippen molar-refractivity contribution in [3.8, 4) is 5.75 Å². The number of nitrogens with zero attached hydrogens (tertiary/aromatic N) is 1. The lowest BCUT2D eigenvalue weighted by molar-refractivity contribution is -0.233. The Bertz CT molecular complexity index is 755. The summed E-state index contributed by atoms with van der Waals surface area (Å²) in [5.74, 6) is -4.29. The first-order chi connectivity index (χ1) is 11.3. The number of methoxy groups -OCH3 is 1. The molecule has 1 aromatic rings. The van der Waals surface area contributed by atoms with Crippen LogP contribution in [-0.2, 0) is 9.59 Å². The van der Waals surface area contributed by atoms with Gasteiger partial charge in [-0.1, -0.05) is 12.2 Å². The molecule has 4 atom stereocenters. The predicted octanol–water partition coefficient (Wildman–Crippen LogP) is 2.94. The first-order valence-electron chi connectivity index (χ1n) is 7.60. The summed E-state index contributed by atoms with van der Waals surface area (Å²) in [7, 11) is 1.45. The second-order valence-electron chi connectivity index (χ2n) is 6.41. The molecule has 2 aliphatic carbocycles. The van der Waals surface area contributed by atoms with E-state index in [-0.39, 0.29) is 12.1 Å². The molecule has 1 heterocycles. The fraction of sp³-hybridized carbons (Fsp3) is 0.412. The Labute approximate surface area is 135 Å². The van der Waals surface area contributed by atoms with Crippen LogP contribution >= 0.6 is 0 Å². The van der Waals surface area contributed by atoms with Gasteiger partial charge in [-0.25, -0.2) is 4.90 Å². The van der Waals surface area contributed by atoms with Crippen LogP contribution in [0.3, 0.4) is 0 Å². The number of carbonyl (C=O) groups is 2. The van der Waals surface area contributed by atoms with Crippen LogP contribution in [-0.4, -0.2) is 25.1 Å². The number of ether oxygens (including phenoxy) is 1. The first kappa shape index (κ1) is 15.2. The minimum Gasteiger partial charge on any atom is -0.497 e. The first-order valence-corrected chi connectivity index (χ1v) is 7.60. The maximum atomic E-state index is 13.9. The van der Waals surface area contributed by atoms with Crippen molar-refractivity contribution in [1.29, 1.82) is 0 Å². The van der Waals surface area contributed by atoms with Gasteiger partial charge < -0.3 is 4.74 Å². The number of hydrogen-bond acceptors (Lipinski definition) is 3. The van der Waals surface area contributed by atoms with Crippen LogP contribution in [0, 0.1) is 23.2 Å². The van der Waals surface area contributed by atoms with Crippen molar-refractivity contribution >= 4 is 17.5 Å². The minimum absolute atomic E-state index is 0.142. The van der Waals surface area contributed by atoms with Gasteiger partial charge in [0.15, 0.2) is 5.41 Å². The number of alkyl halides is 3. The highest BCUT2D eigenvalue weighted by atomic mass is 19.4. The highest BCUT2D eigenvalue weighted by Crippen LogP contribution is 2.67.